The fraction of sp³-hybridized carbons (Fsp3) is 0.643. The average molecular weight is 279 g/mol. The van der Waals surface area contributed by atoms with E-state index in [1.807, 2.05) is 24.6 Å². The van der Waals surface area contributed by atoms with Gasteiger partial charge in [0.25, 0.3) is 0 Å². The Morgan fingerprint density at radius 3 is 2.75 bits per heavy atom. The molecule has 1 saturated carbocycles. The molecule has 2 N–H and O–H groups in total. The van der Waals surface area contributed by atoms with Gasteiger partial charge in [0, 0.05) is 25.0 Å². The van der Waals surface area contributed by atoms with Crippen molar-refractivity contribution in [3.05, 3.63) is 18.7 Å². The zero-order valence-electron chi connectivity index (χ0n) is 11.8. The van der Waals surface area contributed by atoms with Crippen LogP contribution in [0.4, 0.5) is 0 Å². The first kappa shape index (κ1) is 14.6. The van der Waals surface area contributed by atoms with E-state index in [0.717, 1.165) is 0 Å². The molecule has 110 valence electrons. The normalized spacial score (nSPS) is 27.2. The van der Waals surface area contributed by atoms with Crippen LogP contribution in [0.1, 0.15) is 26.7 Å². The SMILES string of the molecule is CC1CC(C(=O)O)C(C(=O)NC(C)Cn2ccnc2)C1. The number of hydrogen-bond acceptors (Lipinski definition) is 3. The fourth-order valence-corrected chi connectivity index (χ4v) is 2.96. The summed E-state index contributed by atoms with van der Waals surface area (Å²) < 4.78 is 1.89. The van der Waals surface area contributed by atoms with E-state index in [-0.39, 0.29) is 17.9 Å². The first-order valence-corrected chi connectivity index (χ1v) is 6.96. The zero-order valence-corrected chi connectivity index (χ0v) is 11.8. The predicted octanol–water partition coefficient (Wildman–Crippen LogP) is 1.13. The predicted molar refractivity (Wildman–Crippen MR) is 72.8 cm³/mol. The van der Waals surface area contributed by atoms with E-state index in [9.17, 15) is 14.7 Å². The van der Waals surface area contributed by atoms with Gasteiger partial charge in [0.15, 0.2) is 0 Å². The lowest BCUT2D eigenvalue weighted by molar-refractivity contribution is -0.146. The van der Waals surface area contributed by atoms with E-state index in [4.69, 9.17) is 0 Å². The lowest BCUT2D eigenvalue weighted by atomic mass is 9.95. The van der Waals surface area contributed by atoms with E-state index in [0.29, 0.717) is 19.4 Å². The third-order valence-corrected chi connectivity index (χ3v) is 3.88. The monoisotopic (exact) mass is 279 g/mol. The molecule has 0 spiro atoms. The molecular weight excluding hydrogens is 258 g/mol. The number of carbonyl (C=O) groups is 2. The molecule has 1 fully saturated rings. The van der Waals surface area contributed by atoms with Crippen LogP contribution in [0.3, 0.4) is 0 Å². The molecule has 6 nitrogen and oxygen atoms in total. The van der Waals surface area contributed by atoms with Crippen molar-refractivity contribution < 1.29 is 14.7 Å². The maximum absolute atomic E-state index is 12.2. The molecule has 6 heteroatoms. The second-order valence-corrected chi connectivity index (χ2v) is 5.80. The van der Waals surface area contributed by atoms with E-state index in [1.165, 1.54) is 0 Å². The Hall–Kier alpha value is -1.85. The van der Waals surface area contributed by atoms with Crippen LogP contribution in [-0.2, 0) is 16.1 Å². The van der Waals surface area contributed by atoms with Gasteiger partial charge in [-0.2, -0.15) is 0 Å². The molecule has 1 heterocycles. The summed E-state index contributed by atoms with van der Waals surface area (Å²) in [6.45, 7) is 4.54. The summed E-state index contributed by atoms with van der Waals surface area (Å²) in [5, 5.41) is 12.1. The molecular formula is C14H21N3O3. The topological polar surface area (TPSA) is 84.2 Å². The number of amides is 1. The molecule has 0 bridgehead atoms. The van der Waals surface area contributed by atoms with Crippen LogP contribution in [0.2, 0.25) is 0 Å². The number of carboxylic acids is 1. The molecule has 1 amide bonds. The number of rotatable bonds is 5. The third kappa shape index (κ3) is 3.37. The molecule has 1 aliphatic carbocycles. The largest absolute Gasteiger partial charge is 0.481 e. The van der Waals surface area contributed by atoms with Gasteiger partial charge >= 0.3 is 5.97 Å². The maximum Gasteiger partial charge on any atom is 0.307 e. The van der Waals surface area contributed by atoms with Crippen LogP contribution in [0, 0.1) is 17.8 Å². The molecule has 1 aromatic heterocycles. The Balaban J connectivity index is 1.92. The lowest BCUT2D eigenvalue weighted by Crippen LogP contribution is -2.41. The van der Waals surface area contributed by atoms with Gasteiger partial charge in [0.05, 0.1) is 18.2 Å². The molecule has 0 radical (unpaired) electrons. The summed E-state index contributed by atoms with van der Waals surface area (Å²) in [6.07, 6.45) is 6.46. The fourth-order valence-electron chi connectivity index (χ4n) is 2.96. The molecule has 4 atom stereocenters. The maximum atomic E-state index is 12.2. The highest BCUT2D eigenvalue weighted by Gasteiger charge is 2.41. The Kier molecular flexibility index (Phi) is 4.42. The summed E-state index contributed by atoms with van der Waals surface area (Å²) in [7, 11) is 0. The lowest BCUT2D eigenvalue weighted by Gasteiger charge is -2.20. The van der Waals surface area contributed by atoms with Crippen LogP contribution in [-0.4, -0.2) is 32.6 Å². The van der Waals surface area contributed by atoms with Crippen molar-refractivity contribution in [2.45, 2.75) is 39.3 Å². The minimum atomic E-state index is -0.864. The molecule has 0 aliphatic heterocycles. The minimum Gasteiger partial charge on any atom is -0.481 e. The standard InChI is InChI=1S/C14H21N3O3/c1-9-5-11(12(6-9)14(19)20)13(18)16-10(2)7-17-4-3-15-8-17/h3-4,8-12H,5-7H2,1-2H3,(H,16,18)(H,19,20). The van der Waals surface area contributed by atoms with E-state index < -0.39 is 17.8 Å². The van der Waals surface area contributed by atoms with Gasteiger partial charge in [-0.15, -0.1) is 0 Å². The molecule has 0 saturated heterocycles. The minimum absolute atomic E-state index is 0.0537. The van der Waals surface area contributed by atoms with E-state index >= 15 is 0 Å². The van der Waals surface area contributed by atoms with E-state index in [1.54, 1.807) is 12.5 Å². The van der Waals surface area contributed by atoms with Gasteiger partial charge in [-0.25, -0.2) is 4.98 Å². The van der Waals surface area contributed by atoms with Gasteiger partial charge in [-0.1, -0.05) is 6.92 Å². The van der Waals surface area contributed by atoms with Crippen molar-refractivity contribution >= 4 is 11.9 Å². The number of aromatic nitrogens is 2. The van der Waals surface area contributed by atoms with Crippen molar-refractivity contribution in [2.24, 2.45) is 17.8 Å². The first-order chi connectivity index (χ1) is 9.47. The van der Waals surface area contributed by atoms with Gasteiger partial charge in [-0.05, 0) is 25.7 Å². The highest BCUT2D eigenvalue weighted by atomic mass is 16.4. The second kappa shape index (κ2) is 6.07. The van der Waals surface area contributed by atoms with Crippen molar-refractivity contribution in [1.29, 1.82) is 0 Å². The smallest absolute Gasteiger partial charge is 0.307 e. The van der Waals surface area contributed by atoms with Gasteiger partial charge in [0.2, 0.25) is 5.91 Å². The number of carboxylic acid groups (broad SMARTS) is 1. The van der Waals surface area contributed by atoms with Crippen molar-refractivity contribution in [2.75, 3.05) is 0 Å². The quantitative estimate of drug-likeness (QED) is 0.846. The Morgan fingerprint density at radius 2 is 2.15 bits per heavy atom. The second-order valence-electron chi connectivity index (χ2n) is 5.80. The van der Waals surface area contributed by atoms with Crippen molar-refractivity contribution in [3.8, 4) is 0 Å². The molecule has 4 unspecified atom stereocenters. The molecule has 1 aromatic rings. The van der Waals surface area contributed by atoms with Crippen LogP contribution < -0.4 is 5.32 Å². The average Bonchev–Trinajstić information content (AvgIpc) is 2.97. The number of aliphatic carboxylic acids is 1. The van der Waals surface area contributed by atoms with E-state index in [2.05, 4.69) is 10.3 Å². The molecule has 1 aliphatic rings. The van der Waals surface area contributed by atoms with Crippen LogP contribution in [0.25, 0.3) is 0 Å². The highest BCUT2D eigenvalue weighted by Crippen LogP contribution is 2.36. The van der Waals surface area contributed by atoms with Gasteiger partial charge < -0.3 is 15.0 Å². The highest BCUT2D eigenvalue weighted by molar-refractivity contribution is 5.85. The van der Waals surface area contributed by atoms with Crippen LogP contribution >= 0.6 is 0 Å². The van der Waals surface area contributed by atoms with Crippen LogP contribution in [0.5, 0.6) is 0 Å². The molecule has 2 rings (SSSR count). The Bertz CT molecular complexity index is 472. The number of nitrogens with one attached hydrogen (secondary N) is 1. The first-order valence-electron chi connectivity index (χ1n) is 6.96. The zero-order chi connectivity index (χ0) is 14.7. The van der Waals surface area contributed by atoms with Gasteiger partial charge in [-0.3, -0.25) is 9.59 Å². The van der Waals surface area contributed by atoms with Gasteiger partial charge in [0.1, 0.15) is 0 Å². The summed E-state index contributed by atoms with van der Waals surface area (Å²) in [6, 6.07) is -0.0537. The number of nitrogens with zero attached hydrogens (tertiary/aromatic N) is 2. The molecule has 0 aromatic carbocycles. The Labute approximate surface area is 118 Å². The third-order valence-electron chi connectivity index (χ3n) is 3.88. The summed E-state index contributed by atoms with van der Waals surface area (Å²) in [5.74, 6) is -1.68. The van der Waals surface area contributed by atoms with Crippen LogP contribution in [0.15, 0.2) is 18.7 Å². The number of carbonyl (C=O) groups excluding carboxylic acids is 1. The van der Waals surface area contributed by atoms with Crippen molar-refractivity contribution in [3.63, 3.8) is 0 Å². The summed E-state index contributed by atoms with van der Waals surface area (Å²) in [5.41, 5.74) is 0. The molecule has 20 heavy (non-hydrogen) atoms. The number of imidazole rings is 1. The number of hydrogen-bond donors (Lipinski definition) is 2. The summed E-state index contributed by atoms with van der Waals surface area (Å²) in [4.78, 5) is 27.4. The summed E-state index contributed by atoms with van der Waals surface area (Å²) >= 11 is 0. The Morgan fingerprint density at radius 1 is 1.45 bits per heavy atom. The van der Waals surface area contributed by atoms with Crippen molar-refractivity contribution in [1.82, 2.24) is 14.9 Å².